The second-order valence-electron chi connectivity index (χ2n) is 5.38. The van der Waals surface area contributed by atoms with Crippen molar-refractivity contribution >= 4 is 56.2 Å². The summed E-state index contributed by atoms with van der Waals surface area (Å²) in [6, 6.07) is 22.1. The molecule has 0 unspecified atom stereocenters. The van der Waals surface area contributed by atoms with Crippen LogP contribution in [0.1, 0.15) is 0 Å². The van der Waals surface area contributed by atoms with Gasteiger partial charge in [0.05, 0.1) is 20.2 Å². The monoisotopic (exact) mass is 538 g/mol. The number of phenols is 1. The highest BCUT2D eigenvalue weighted by Gasteiger charge is 2.18. The Balaban J connectivity index is 2.10. The van der Waals surface area contributed by atoms with Crippen LogP contribution in [0.4, 0.5) is 0 Å². The number of halogens is 2. The highest BCUT2D eigenvalue weighted by molar-refractivity contribution is 14.1. The Morgan fingerprint density at radius 1 is 0.875 bits per heavy atom. The first-order valence-electron chi connectivity index (χ1n) is 7.36. The van der Waals surface area contributed by atoms with Crippen molar-refractivity contribution in [2.75, 3.05) is 0 Å². The van der Waals surface area contributed by atoms with Gasteiger partial charge in [-0.05, 0) is 81.6 Å². The zero-order chi connectivity index (χ0) is 16.7. The lowest BCUT2D eigenvalue weighted by Crippen LogP contribution is -1.98. The third-order valence-corrected chi connectivity index (χ3v) is 5.29. The number of hydrogen-bond acceptors (Lipinski definition) is 2. The molecule has 3 nitrogen and oxygen atoms in total. The number of phenolic OH excluding ortho intramolecular Hbond substituents is 1. The van der Waals surface area contributed by atoms with Crippen LogP contribution in [-0.2, 0) is 0 Å². The average molecular weight is 538 g/mol. The van der Waals surface area contributed by atoms with E-state index < -0.39 is 0 Å². The number of aromatic nitrogens is 2. The SMILES string of the molecule is Oc1c(I)cc(I)cc1-c1nc2ccccc2n1-c1ccccc1. The molecular formula is C19H12I2N2O. The second kappa shape index (κ2) is 6.36. The third-order valence-electron chi connectivity index (χ3n) is 3.84. The van der Waals surface area contributed by atoms with Gasteiger partial charge < -0.3 is 5.11 Å². The lowest BCUT2D eigenvalue weighted by Gasteiger charge is -2.12. The minimum atomic E-state index is 0.267. The Hall–Kier alpha value is -1.61. The summed E-state index contributed by atoms with van der Waals surface area (Å²) in [6.07, 6.45) is 0. The maximum atomic E-state index is 10.6. The van der Waals surface area contributed by atoms with E-state index in [1.807, 2.05) is 60.7 Å². The molecule has 0 bridgehead atoms. The van der Waals surface area contributed by atoms with Gasteiger partial charge in [0.25, 0.3) is 0 Å². The van der Waals surface area contributed by atoms with Gasteiger partial charge in [-0.1, -0.05) is 30.3 Å². The van der Waals surface area contributed by atoms with Gasteiger partial charge in [0.1, 0.15) is 11.6 Å². The summed E-state index contributed by atoms with van der Waals surface area (Å²) in [7, 11) is 0. The first kappa shape index (κ1) is 15.9. The minimum absolute atomic E-state index is 0.267. The molecule has 1 heterocycles. The Labute approximate surface area is 166 Å². The normalized spacial score (nSPS) is 11.1. The molecule has 0 amide bonds. The summed E-state index contributed by atoms with van der Waals surface area (Å²) in [5, 5.41) is 10.6. The van der Waals surface area contributed by atoms with Gasteiger partial charge in [-0.3, -0.25) is 4.57 Å². The first-order valence-corrected chi connectivity index (χ1v) is 9.52. The molecule has 0 aliphatic carbocycles. The van der Waals surface area contributed by atoms with Crippen LogP contribution in [0.2, 0.25) is 0 Å². The van der Waals surface area contributed by atoms with Crippen molar-refractivity contribution in [1.82, 2.24) is 9.55 Å². The lowest BCUT2D eigenvalue weighted by molar-refractivity contribution is 0.473. The van der Waals surface area contributed by atoms with Crippen molar-refractivity contribution in [3.8, 4) is 22.8 Å². The highest BCUT2D eigenvalue weighted by Crippen LogP contribution is 2.37. The van der Waals surface area contributed by atoms with E-state index in [-0.39, 0.29) is 5.75 Å². The third kappa shape index (κ3) is 2.69. The molecule has 0 saturated carbocycles. The van der Waals surface area contributed by atoms with Gasteiger partial charge in [0, 0.05) is 9.26 Å². The average Bonchev–Trinajstić information content (AvgIpc) is 2.98. The number of fused-ring (bicyclic) bond motifs is 1. The fourth-order valence-corrected chi connectivity index (χ4v) is 4.63. The van der Waals surface area contributed by atoms with Crippen LogP contribution in [0.5, 0.6) is 5.75 Å². The molecular weight excluding hydrogens is 526 g/mol. The van der Waals surface area contributed by atoms with Crippen LogP contribution in [0.3, 0.4) is 0 Å². The fourth-order valence-electron chi connectivity index (χ4n) is 2.78. The Morgan fingerprint density at radius 3 is 2.38 bits per heavy atom. The van der Waals surface area contributed by atoms with E-state index in [2.05, 4.69) is 55.8 Å². The maximum absolute atomic E-state index is 10.6. The van der Waals surface area contributed by atoms with E-state index in [1.165, 1.54) is 0 Å². The van der Waals surface area contributed by atoms with E-state index in [0.29, 0.717) is 0 Å². The molecule has 1 aromatic heterocycles. The highest BCUT2D eigenvalue weighted by atomic mass is 127. The maximum Gasteiger partial charge on any atom is 0.149 e. The van der Waals surface area contributed by atoms with E-state index >= 15 is 0 Å². The number of imidazole rings is 1. The molecule has 118 valence electrons. The smallest absolute Gasteiger partial charge is 0.149 e. The predicted molar refractivity (Wildman–Crippen MR) is 114 cm³/mol. The quantitative estimate of drug-likeness (QED) is 0.338. The Morgan fingerprint density at radius 2 is 1.58 bits per heavy atom. The van der Waals surface area contributed by atoms with E-state index in [0.717, 1.165) is 35.2 Å². The zero-order valence-corrected chi connectivity index (χ0v) is 16.8. The van der Waals surface area contributed by atoms with Crippen molar-refractivity contribution < 1.29 is 5.11 Å². The van der Waals surface area contributed by atoms with Crippen molar-refractivity contribution in [2.24, 2.45) is 0 Å². The molecule has 4 aromatic rings. The predicted octanol–water partition coefficient (Wildman–Crippen LogP) is 5.61. The van der Waals surface area contributed by atoms with Crippen molar-refractivity contribution in [1.29, 1.82) is 0 Å². The van der Waals surface area contributed by atoms with E-state index in [9.17, 15) is 5.11 Å². The van der Waals surface area contributed by atoms with E-state index in [1.54, 1.807) is 0 Å². The summed E-state index contributed by atoms with van der Waals surface area (Å²) >= 11 is 4.42. The molecule has 5 heteroatoms. The van der Waals surface area contributed by atoms with Gasteiger partial charge in [-0.15, -0.1) is 0 Å². The van der Waals surface area contributed by atoms with Gasteiger partial charge in [-0.2, -0.15) is 0 Å². The van der Waals surface area contributed by atoms with Crippen molar-refractivity contribution in [2.45, 2.75) is 0 Å². The summed E-state index contributed by atoms with van der Waals surface area (Å²) in [5.74, 6) is 1.01. The minimum Gasteiger partial charge on any atom is -0.506 e. The second-order valence-corrected chi connectivity index (χ2v) is 7.79. The van der Waals surface area contributed by atoms with Gasteiger partial charge in [-0.25, -0.2) is 4.98 Å². The van der Waals surface area contributed by atoms with Gasteiger partial charge in [0.15, 0.2) is 0 Å². The summed E-state index contributed by atoms with van der Waals surface area (Å²) in [4.78, 5) is 4.80. The topological polar surface area (TPSA) is 38.1 Å². The Bertz CT molecular complexity index is 1040. The van der Waals surface area contributed by atoms with Crippen LogP contribution < -0.4 is 0 Å². The van der Waals surface area contributed by atoms with Gasteiger partial charge >= 0.3 is 0 Å². The molecule has 0 aliphatic rings. The molecule has 0 saturated heterocycles. The molecule has 4 rings (SSSR count). The van der Waals surface area contributed by atoms with Crippen molar-refractivity contribution in [3.63, 3.8) is 0 Å². The number of hydrogen-bond donors (Lipinski definition) is 1. The van der Waals surface area contributed by atoms with Crippen molar-refractivity contribution in [3.05, 3.63) is 73.9 Å². The summed E-state index contributed by atoms with van der Waals surface area (Å²) < 4.78 is 3.98. The summed E-state index contributed by atoms with van der Waals surface area (Å²) in [5.41, 5.74) is 3.69. The van der Waals surface area contributed by atoms with E-state index in [4.69, 9.17) is 4.98 Å². The van der Waals surface area contributed by atoms with Crippen LogP contribution in [0, 0.1) is 7.14 Å². The number of benzene rings is 3. The molecule has 0 radical (unpaired) electrons. The number of nitrogens with zero attached hydrogens (tertiary/aromatic N) is 2. The molecule has 0 aliphatic heterocycles. The van der Waals surface area contributed by atoms with Crippen LogP contribution in [-0.4, -0.2) is 14.7 Å². The number of para-hydroxylation sites is 3. The van der Waals surface area contributed by atoms with Crippen LogP contribution >= 0.6 is 45.2 Å². The molecule has 1 N–H and O–H groups in total. The molecule has 24 heavy (non-hydrogen) atoms. The fraction of sp³-hybridized carbons (Fsp3) is 0. The number of aromatic hydroxyl groups is 1. The molecule has 0 fully saturated rings. The first-order chi connectivity index (χ1) is 11.6. The standard InChI is InChI=1S/C19H12I2N2O/c20-12-10-14(18(24)15(21)11-12)19-22-16-8-4-5-9-17(16)23(19)13-6-2-1-3-7-13/h1-11,24H. The number of rotatable bonds is 2. The summed E-state index contributed by atoms with van der Waals surface area (Å²) in [6.45, 7) is 0. The molecule has 3 aromatic carbocycles. The molecule has 0 atom stereocenters. The largest absolute Gasteiger partial charge is 0.506 e. The van der Waals surface area contributed by atoms with Crippen LogP contribution in [0.25, 0.3) is 28.1 Å². The van der Waals surface area contributed by atoms with Gasteiger partial charge in [0.2, 0.25) is 0 Å². The Kier molecular flexibility index (Phi) is 4.21. The van der Waals surface area contributed by atoms with Crippen LogP contribution in [0.15, 0.2) is 66.7 Å². The lowest BCUT2D eigenvalue weighted by atomic mass is 10.2. The molecule has 0 spiro atoms. The zero-order valence-electron chi connectivity index (χ0n) is 12.4.